The molecule has 0 saturated heterocycles. The monoisotopic (exact) mass is 462 g/mol. The molecule has 0 aromatic heterocycles. The maximum atomic E-state index is 7.60. The van der Waals surface area contributed by atoms with Crippen molar-refractivity contribution in [2.45, 2.75) is 0 Å². The Kier molecular flexibility index (Phi) is 123. The summed E-state index contributed by atoms with van der Waals surface area (Å²) in [7, 11) is 0. The molecule has 0 unspecified atom stereocenters. The summed E-state index contributed by atoms with van der Waals surface area (Å²) >= 11 is 0. The van der Waals surface area contributed by atoms with Crippen molar-refractivity contribution in [2.24, 2.45) is 0 Å². The summed E-state index contributed by atoms with van der Waals surface area (Å²) in [6.45, 7) is 41.9. The van der Waals surface area contributed by atoms with E-state index in [1.807, 2.05) is 0 Å². The van der Waals surface area contributed by atoms with Crippen molar-refractivity contribution < 1.29 is 0 Å². The summed E-state index contributed by atoms with van der Waals surface area (Å²) in [5.41, 5.74) is 0. The number of nitriles is 7. The van der Waals surface area contributed by atoms with Gasteiger partial charge in [-0.05, 0) is 0 Å². The van der Waals surface area contributed by atoms with Crippen LogP contribution in [0, 0.1) is 125 Å². The molecule has 0 fully saturated rings. The third-order valence-electron chi connectivity index (χ3n) is 1.05. The highest BCUT2D eigenvalue weighted by atomic mass is 14.6. The van der Waals surface area contributed by atoms with Crippen LogP contribution in [0.2, 0.25) is 0 Å². The number of rotatable bonds is 0. The van der Waals surface area contributed by atoms with Crippen LogP contribution in [-0.4, -0.2) is 45.8 Å². The molecule has 35 heavy (non-hydrogen) atoms. The van der Waals surface area contributed by atoms with Crippen LogP contribution in [-0.2, 0) is 0 Å². The van der Waals surface area contributed by atoms with E-state index in [1.54, 1.807) is 42.5 Å². The van der Waals surface area contributed by atoms with Gasteiger partial charge in [-0.15, -0.1) is 0 Å². The summed E-state index contributed by atoms with van der Waals surface area (Å²) in [5, 5.41) is 53.2. The number of hydrogen-bond acceptors (Lipinski definition) is 7. The van der Waals surface area contributed by atoms with Gasteiger partial charge < -0.3 is 33.9 Å². The molecule has 0 amide bonds. The molecular formula is C21H14N14. The van der Waals surface area contributed by atoms with Crippen molar-refractivity contribution in [1.82, 2.24) is 0 Å². The van der Waals surface area contributed by atoms with Crippen LogP contribution in [0.5, 0.6) is 0 Å². The fourth-order valence-corrected chi connectivity index (χ4v) is 0.247. The molecule has 14 heteroatoms. The Labute approximate surface area is 205 Å². The first-order valence-electron chi connectivity index (χ1n) is 7.82. The lowest BCUT2D eigenvalue weighted by atomic mass is 10.8. The van der Waals surface area contributed by atoms with E-state index in [9.17, 15) is 0 Å². The second kappa shape index (κ2) is 93.5. The minimum absolute atomic E-state index is 0.0139. The Morgan fingerprint density at radius 3 is 0.371 bits per heavy atom. The van der Waals surface area contributed by atoms with Gasteiger partial charge in [-0.1, -0.05) is 0 Å². The van der Waals surface area contributed by atoms with E-state index in [4.69, 9.17) is 82.8 Å². The number of hydrogen-bond donors (Lipinski definition) is 0. The summed E-state index contributed by atoms with van der Waals surface area (Å²) in [6, 6.07) is 11.6. The van der Waals surface area contributed by atoms with Crippen LogP contribution in [0.4, 0.5) is 0 Å². The normalized spacial score (nSPS) is 4.40. The zero-order valence-corrected chi connectivity index (χ0v) is 18.2. The molecule has 0 radical (unpaired) electrons. The van der Waals surface area contributed by atoms with E-state index < -0.39 is 0 Å². The third kappa shape index (κ3) is 353. The van der Waals surface area contributed by atoms with Crippen LogP contribution in [0.15, 0.2) is 0 Å². The van der Waals surface area contributed by atoms with Gasteiger partial charge in [-0.3, -0.25) is 0 Å². The lowest BCUT2D eigenvalue weighted by Crippen LogP contribution is -1.56. The lowest BCUT2D eigenvalue weighted by Gasteiger charge is -1.49. The van der Waals surface area contributed by atoms with Gasteiger partial charge in [-0.2, -0.15) is 36.8 Å². The van der Waals surface area contributed by atoms with Gasteiger partial charge in [0.1, 0.15) is 42.5 Å². The minimum atomic E-state index is -0.0139. The Morgan fingerprint density at radius 1 is 0.286 bits per heavy atom. The SMILES string of the molecule is [C-]#[N+]CC#N.[C-]#[N+]CC#N.[C-]#[N+]CC#N.[C-]#[N+]CC#N.[C-]#[N+]CC#N.[C-]#[N+]CC#N.[C-]#[N+]CC#N. The molecular weight excluding hydrogens is 448 g/mol. The van der Waals surface area contributed by atoms with Gasteiger partial charge in [-0.25, -0.2) is 46.0 Å². The van der Waals surface area contributed by atoms with E-state index >= 15 is 0 Å². The molecule has 0 aromatic carbocycles. The average Bonchev–Trinajstić information content (AvgIpc) is 2.85. The van der Waals surface area contributed by atoms with Crippen molar-refractivity contribution in [1.29, 1.82) is 36.8 Å². The number of nitrogens with zero attached hydrogens (tertiary/aromatic N) is 14. The molecule has 0 bridgehead atoms. The van der Waals surface area contributed by atoms with Gasteiger partial charge in [0.2, 0.25) is 0 Å². The maximum absolute atomic E-state index is 7.60. The van der Waals surface area contributed by atoms with E-state index in [-0.39, 0.29) is 45.8 Å². The Balaban J connectivity index is -0.0000000523. The van der Waals surface area contributed by atoms with Gasteiger partial charge in [0, 0.05) is 0 Å². The largest absolute Gasteiger partial charge is 0.301 e. The highest BCUT2D eigenvalue weighted by molar-refractivity contribution is 4.83. The zero-order valence-electron chi connectivity index (χ0n) is 18.2. The Morgan fingerprint density at radius 2 is 0.371 bits per heavy atom. The van der Waals surface area contributed by atoms with Crippen molar-refractivity contribution >= 4 is 0 Å². The van der Waals surface area contributed by atoms with Crippen LogP contribution >= 0.6 is 0 Å². The molecule has 168 valence electrons. The smallest absolute Gasteiger partial charge is 0.298 e. The molecule has 0 atom stereocenters. The summed E-state index contributed by atoms with van der Waals surface area (Å²) in [4.78, 5) is 19.2. The zero-order chi connectivity index (χ0) is 28.8. The minimum Gasteiger partial charge on any atom is -0.301 e. The quantitative estimate of drug-likeness (QED) is 0.389. The van der Waals surface area contributed by atoms with Gasteiger partial charge in [0.25, 0.3) is 45.8 Å². The van der Waals surface area contributed by atoms with Gasteiger partial charge in [0.05, 0.1) is 0 Å². The molecule has 0 aliphatic rings. The van der Waals surface area contributed by atoms with Crippen molar-refractivity contribution in [3.05, 3.63) is 79.9 Å². The van der Waals surface area contributed by atoms with Crippen LogP contribution < -0.4 is 0 Å². The van der Waals surface area contributed by atoms with E-state index in [0.717, 1.165) is 0 Å². The standard InChI is InChI=1S/7C3H2N2/c7*1-5-3-2-4/h7*3H2. The van der Waals surface area contributed by atoms with Crippen LogP contribution in [0.25, 0.3) is 33.9 Å². The van der Waals surface area contributed by atoms with Crippen LogP contribution in [0.3, 0.4) is 0 Å². The molecule has 0 rings (SSSR count). The van der Waals surface area contributed by atoms with Gasteiger partial charge in [0.15, 0.2) is 0 Å². The summed E-state index contributed by atoms with van der Waals surface area (Å²) in [5.74, 6) is 0. The van der Waals surface area contributed by atoms with Crippen molar-refractivity contribution in [3.8, 4) is 42.5 Å². The first kappa shape index (κ1) is 46.2. The molecule has 0 N–H and O–H groups in total. The summed E-state index contributed by atoms with van der Waals surface area (Å²) < 4.78 is 0. The summed E-state index contributed by atoms with van der Waals surface area (Å²) in [6.07, 6.45) is 0. The highest BCUT2D eigenvalue weighted by Crippen LogP contribution is 1.56. The van der Waals surface area contributed by atoms with Crippen molar-refractivity contribution in [3.63, 3.8) is 0 Å². The molecule has 0 aliphatic heterocycles. The maximum Gasteiger partial charge on any atom is 0.298 e. The molecule has 14 nitrogen and oxygen atoms in total. The average molecular weight is 462 g/mol. The molecule has 0 heterocycles. The highest BCUT2D eigenvalue weighted by Gasteiger charge is 1.66. The fourth-order valence-electron chi connectivity index (χ4n) is 0.247. The van der Waals surface area contributed by atoms with Crippen molar-refractivity contribution in [2.75, 3.05) is 45.8 Å². The predicted octanol–water partition coefficient (Wildman–Crippen LogP) is 3.00. The van der Waals surface area contributed by atoms with E-state index in [1.165, 1.54) is 0 Å². The van der Waals surface area contributed by atoms with Gasteiger partial charge >= 0.3 is 0 Å². The topological polar surface area (TPSA) is 197 Å². The molecule has 0 spiro atoms. The lowest BCUT2D eigenvalue weighted by molar-refractivity contribution is 1.43. The predicted molar refractivity (Wildman–Crippen MR) is 120 cm³/mol. The van der Waals surface area contributed by atoms with Crippen LogP contribution in [0.1, 0.15) is 0 Å². The first-order chi connectivity index (χ1) is 16.9. The molecule has 0 saturated carbocycles. The molecule has 0 aromatic rings. The second-order valence-electron chi connectivity index (χ2n) is 3.32. The fraction of sp³-hybridized carbons (Fsp3) is 0.333. The third-order valence-corrected chi connectivity index (χ3v) is 1.05. The van der Waals surface area contributed by atoms with E-state index in [2.05, 4.69) is 33.9 Å². The Hall–Kier alpha value is -7.14. The van der Waals surface area contributed by atoms with E-state index in [0.29, 0.717) is 0 Å². The molecule has 0 aliphatic carbocycles. The second-order valence-corrected chi connectivity index (χ2v) is 3.32. The first-order valence-corrected chi connectivity index (χ1v) is 7.82. The Bertz CT molecular complexity index is 746.